The average molecular weight is 318 g/mol. The first-order valence-corrected chi connectivity index (χ1v) is 8.31. The van der Waals surface area contributed by atoms with Crippen molar-refractivity contribution in [1.82, 2.24) is 10.2 Å². The Hall–Kier alpha value is -1.88. The van der Waals surface area contributed by atoms with Gasteiger partial charge in [-0.15, -0.1) is 0 Å². The summed E-state index contributed by atoms with van der Waals surface area (Å²) in [7, 11) is 0. The summed E-state index contributed by atoms with van der Waals surface area (Å²) in [5.74, 6) is -0.332. The number of urea groups is 1. The van der Waals surface area contributed by atoms with Gasteiger partial charge >= 0.3 is 6.03 Å². The highest BCUT2D eigenvalue weighted by Gasteiger charge is 2.34. The predicted octanol–water partition coefficient (Wildman–Crippen LogP) is 3.14. The Kier molecular flexibility index (Phi) is 4.96. The van der Waals surface area contributed by atoms with Gasteiger partial charge in [0.1, 0.15) is 5.82 Å². The van der Waals surface area contributed by atoms with Crippen molar-refractivity contribution in [3.63, 3.8) is 0 Å². The Morgan fingerprint density at radius 2 is 2.04 bits per heavy atom. The number of aliphatic hydroxyl groups is 1. The van der Waals surface area contributed by atoms with Crippen molar-refractivity contribution >= 4 is 6.03 Å². The highest BCUT2D eigenvalue weighted by Crippen LogP contribution is 2.29. The molecular weight excluding hydrogens is 295 g/mol. The molecular formula is C18H23FN2O2. The molecule has 2 unspecified atom stereocenters. The summed E-state index contributed by atoms with van der Waals surface area (Å²) in [4.78, 5) is 14.2. The van der Waals surface area contributed by atoms with Gasteiger partial charge in [-0.1, -0.05) is 24.3 Å². The Balaban J connectivity index is 1.61. The Morgan fingerprint density at radius 3 is 2.65 bits per heavy atom. The number of hydrogen-bond acceptors (Lipinski definition) is 2. The minimum absolute atomic E-state index is 0.0838. The molecule has 0 radical (unpaired) electrons. The zero-order chi connectivity index (χ0) is 16.2. The summed E-state index contributed by atoms with van der Waals surface area (Å²) in [6.45, 7) is 0.235. The number of nitrogens with zero attached hydrogens (tertiary/aromatic N) is 1. The second-order valence-electron chi connectivity index (χ2n) is 6.37. The van der Waals surface area contributed by atoms with Crippen LogP contribution in [0.5, 0.6) is 0 Å². The normalized spacial score (nSPS) is 21.7. The number of carbonyl (C=O) groups excluding carboxylic acids is 1. The van der Waals surface area contributed by atoms with Crippen LogP contribution in [0, 0.1) is 5.82 Å². The number of allylic oxidation sites excluding steroid dienone is 1. The van der Waals surface area contributed by atoms with Gasteiger partial charge in [0, 0.05) is 12.1 Å². The maximum atomic E-state index is 13.0. The predicted molar refractivity (Wildman–Crippen MR) is 86.4 cm³/mol. The lowest BCUT2D eigenvalue weighted by molar-refractivity contribution is 0.117. The number of carbonyl (C=O) groups is 1. The third-order valence-electron chi connectivity index (χ3n) is 4.44. The molecule has 5 heteroatoms. The van der Waals surface area contributed by atoms with Gasteiger partial charge in [-0.05, 0) is 49.8 Å². The molecule has 2 amide bonds. The lowest BCUT2D eigenvalue weighted by atomic mass is 10.0. The number of halogens is 1. The van der Waals surface area contributed by atoms with Crippen LogP contribution in [0.25, 0.3) is 0 Å². The van der Waals surface area contributed by atoms with Gasteiger partial charge in [0.05, 0.1) is 12.6 Å². The molecule has 0 aliphatic heterocycles. The van der Waals surface area contributed by atoms with E-state index in [9.17, 15) is 14.3 Å². The van der Waals surface area contributed by atoms with Crippen molar-refractivity contribution in [2.45, 2.75) is 50.3 Å². The van der Waals surface area contributed by atoms with E-state index >= 15 is 0 Å². The fraction of sp³-hybridized carbons (Fsp3) is 0.500. The monoisotopic (exact) mass is 318 g/mol. The number of benzene rings is 1. The van der Waals surface area contributed by atoms with Gasteiger partial charge in [-0.2, -0.15) is 0 Å². The SMILES string of the molecule is O=C(NC1C=CCCC1)N(CC(O)c1ccc(F)cc1)C1CC1. The van der Waals surface area contributed by atoms with E-state index in [0.29, 0.717) is 5.56 Å². The molecule has 124 valence electrons. The molecule has 2 aliphatic carbocycles. The molecule has 0 bridgehead atoms. The topological polar surface area (TPSA) is 52.6 Å². The Labute approximate surface area is 136 Å². The van der Waals surface area contributed by atoms with Crippen molar-refractivity contribution in [3.8, 4) is 0 Å². The van der Waals surface area contributed by atoms with E-state index in [1.165, 1.54) is 12.1 Å². The van der Waals surface area contributed by atoms with Gasteiger partial charge < -0.3 is 15.3 Å². The van der Waals surface area contributed by atoms with Crippen LogP contribution in [-0.4, -0.2) is 34.7 Å². The molecule has 0 spiro atoms. The first-order chi connectivity index (χ1) is 11.1. The molecule has 23 heavy (non-hydrogen) atoms. The van der Waals surface area contributed by atoms with E-state index in [1.54, 1.807) is 17.0 Å². The highest BCUT2D eigenvalue weighted by molar-refractivity contribution is 5.75. The van der Waals surface area contributed by atoms with Crippen LogP contribution in [0.2, 0.25) is 0 Å². The van der Waals surface area contributed by atoms with Crippen LogP contribution in [-0.2, 0) is 0 Å². The zero-order valence-corrected chi connectivity index (χ0v) is 13.1. The van der Waals surface area contributed by atoms with Crippen molar-refractivity contribution < 1.29 is 14.3 Å². The van der Waals surface area contributed by atoms with E-state index in [-0.39, 0.29) is 30.5 Å². The third-order valence-corrected chi connectivity index (χ3v) is 4.44. The standard InChI is InChI=1S/C18H23FN2O2/c19-14-8-6-13(7-9-14)17(22)12-21(16-10-11-16)18(23)20-15-4-2-1-3-5-15/h2,4,6-9,15-17,22H,1,3,5,10-12H2,(H,20,23). The van der Waals surface area contributed by atoms with E-state index in [1.807, 2.05) is 6.08 Å². The van der Waals surface area contributed by atoms with E-state index in [2.05, 4.69) is 11.4 Å². The van der Waals surface area contributed by atoms with Crippen molar-refractivity contribution in [2.75, 3.05) is 6.54 Å². The Morgan fingerprint density at radius 1 is 1.30 bits per heavy atom. The summed E-state index contributed by atoms with van der Waals surface area (Å²) in [5, 5.41) is 13.4. The number of rotatable bonds is 5. The first-order valence-electron chi connectivity index (χ1n) is 8.31. The zero-order valence-electron chi connectivity index (χ0n) is 13.1. The largest absolute Gasteiger partial charge is 0.387 e. The molecule has 0 saturated heterocycles. The van der Waals surface area contributed by atoms with Crippen molar-refractivity contribution in [2.24, 2.45) is 0 Å². The number of hydrogen-bond donors (Lipinski definition) is 2. The second-order valence-corrected chi connectivity index (χ2v) is 6.37. The molecule has 0 heterocycles. The molecule has 1 aromatic carbocycles. The summed E-state index contributed by atoms with van der Waals surface area (Å²) in [6.07, 6.45) is 8.41. The second kappa shape index (κ2) is 7.13. The highest BCUT2D eigenvalue weighted by atomic mass is 19.1. The number of aliphatic hydroxyl groups excluding tert-OH is 1. The average Bonchev–Trinajstić information content (AvgIpc) is 3.38. The lowest BCUT2D eigenvalue weighted by Crippen LogP contribution is -2.47. The van der Waals surface area contributed by atoms with E-state index in [0.717, 1.165) is 32.1 Å². The van der Waals surface area contributed by atoms with Crippen LogP contribution in [0.4, 0.5) is 9.18 Å². The maximum absolute atomic E-state index is 13.0. The molecule has 1 saturated carbocycles. The quantitative estimate of drug-likeness (QED) is 0.820. The minimum Gasteiger partial charge on any atom is -0.387 e. The summed E-state index contributed by atoms with van der Waals surface area (Å²) in [6, 6.07) is 5.95. The van der Waals surface area contributed by atoms with Crippen LogP contribution in [0.3, 0.4) is 0 Å². The van der Waals surface area contributed by atoms with Gasteiger partial charge in [0.2, 0.25) is 0 Å². The van der Waals surface area contributed by atoms with Gasteiger partial charge in [0.25, 0.3) is 0 Å². The van der Waals surface area contributed by atoms with Crippen LogP contribution < -0.4 is 5.32 Å². The molecule has 4 nitrogen and oxygen atoms in total. The lowest BCUT2D eigenvalue weighted by Gasteiger charge is -2.28. The molecule has 3 rings (SSSR count). The molecule has 1 fully saturated rings. The molecule has 1 aromatic rings. The fourth-order valence-electron chi connectivity index (χ4n) is 2.93. The first kappa shape index (κ1) is 16.0. The van der Waals surface area contributed by atoms with E-state index < -0.39 is 6.10 Å². The summed E-state index contributed by atoms with van der Waals surface area (Å²) in [5.41, 5.74) is 0.627. The van der Waals surface area contributed by atoms with Crippen molar-refractivity contribution in [3.05, 3.63) is 47.8 Å². The summed E-state index contributed by atoms with van der Waals surface area (Å²) >= 11 is 0. The van der Waals surface area contributed by atoms with E-state index in [4.69, 9.17) is 0 Å². The minimum atomic E-state index is -0.802. The van der Waals surface area contributed by atoms with Gasteiger partial charge in [-0.3, -0.25) is 0 Å². The smallest absolute Gasteiger partial charge is 0.318 e. The van der Waals surface area contributed by atoms with Crippen LogP contribution >= 0.6 is 0 Å². The molecule has 2 N–H and O–H groups in total. The third kappa shape index (κ3) is 4.32. The number of amides is 2. The molecule has 2 aliphatic rings. The van der Waals surface area contributed by atoms with Crippen LogP contribution in [0.15, 0.2) is 36.4 Å². The van der Waals surface area contributed by atoms with Gasteiger partial charge in [0.15, 0.2) is 0 Å². The maximum Gasteiger partial charge on any atom is 0.318 e. The molecule has 0 aromatic heterocycles. The fourth-order valence-corrected chi connectivity index (χ4v) is 2.93. The number of nitrogens with one attached hydrogen (secondary N) is 1. The van der Waals surface area contributed by atoms with Gasteiger partial charge in [-0.25, -0.2) is 9.18 Å². The van der Waals surface area contributed by atoms with Crippen LogP contribution in [0.1, 0.15) is 43.8 Å². The summed E-state index contributed by atoms with van der Waals surface area (Å²) < 4.78 is 13.0. The van der Waals surface area contributed by atoms with Crippen molar-refractivity contribution in [1.29, 1.82) is 0 Å². The Bertz CT molecular complexity index is 569. The molecule has 2 atom stereocenters.